The van der Waals surface area contributed by atoms with E-state index in [2.05, 4.69) is 5.32 Å². The van der Waals surface area contributed by atoms with Gasteiger partial charge in [0.25, 0.3) is 0 Å². The van der Waals surface area contributed by atoms with Crippen LogP contribution < -0.4 is 5.32 Å². The van der Waals surface area contributed by atoms with Crippen LogP contribution in [0.5, 0.6) is 0 Å². The highest BCUT2D eigenvalue weighted by molar-refractivity contribution is 4.82. The van der Waals surface area contributed by atoms with E-state index in [1.165, 1.54) is 0 Å². The molecule has 0 aromatic rings. The molecule has 2 aliphatic rings. The van der Waals surface area contributed by atoms with Crippen LogP contribution in [0, 0.1) is 0 Å². The van der Waals surface area contributed by atoms with Crippen molar-refractivity contribution in [3.8, 4) is 0 Å². The fourth-order valence-corrected chi connectivity index (χ4v) is 1.49. The molecule has 0 aliphatic carbocycles. The average Bonchev–Trinajstić information content (AvgIpc) is 2.05. The van der Waals surface area contributed by atoms with Gasteiger partial charge in [0.1, 0.15) is 0 Å². The van der Waals surface area contributed by atoms with E-state index in [0.717, 1.165) is 32.8 Å². The second-order valence-corrected chi connectivity index (χ2v) is 2.75. The molecule has 2 fully saturated rings. The highest BCUT2D eigenvalue weighted by Crippen LogP contribution is 2.14. The minimum atomic E-state index is 0.336. The monoisotopic (exact) mass is 142 g/mol. The van der Waals surface area contributed by atoms with Crippen LogP contribution in [0.3, 0.4) is 0 Å². The summed E-state index contributed by atoms with van der Waals surface area (Å²) in [6.07, 6.45) is 1.39. The van der Waals surface area contributed by atoms with Gasteiger partial charge in [0.15, 0.2) is 0 Å². The number of morpholine rings is 1. The maximum Gasteiger partial charge on any atom is 0.0789 e. The number of nitrogens with zero attached hydrogens (tertiary/aromatic N) is 1. The standard InChI is InChI=1S/C7H12NO2/c1-3-9-5-6-7(1)10-4-2-8-6/h6-7H,1-5H2. The van der Waals surface area contributed by atoms with E-state index >= 15 is 0 Å². The zero-order valence-electron chi connectivity index (χ0n) is 5.95. The molecule has 0 bridgehead atoms. The molecule has 10 heavy (non-hydrogen) atoms. The molecular formula is C7H12NO2. The Morgan fingerprint density at radius 3 is 3.20 bits per heavy atom. The van der Waals surface area contributed by atoms with Gasteiger partial charge in [-0.05, 0) is 6.42 Å². The molecular weight excluding hydrogens is 130 g/mol. The van der Waals surface area contributed by atoms with Crippen molar-refractivity contribution in [1.82, 2.24) is 5.32 Å². The van der Waals surface area contributed by atoms with Crippen LogP contribution in [0.1, 0.15) is 6.42 Å². The van der Waals surface area contributed by atoms with E-state index in [0.29, 0.717) is 12.1 Å². The van der Waals surface area contributed by atoms with E-state index in [9.17, 15) is 0 Å². The molecule has 0 aromatic heterocycles. The maximum atomic E-state index is 5.51. The smallest absolute Gasteiger partial charge is 0.0789 e. The van der Waals surface area contributed by atoms with Crippen LogP contribution in [0.4, 0.5) is 0 Å². The zero-order chi connectivity index (χ0) is 6.81. The summed E-state index contributed by atoms with van der Waals surface area (Å²) in [4.78, 5) is 0. The van der Waals surface area contributed by atoms with E-state index < -0.39 is 0 Å². The topological polar surface area (TPSA) is 32.6 Å². The van der Waals surface area contributed by atoms with Gasteiger partial charge >= 0.3 is 0 Å². The number of fused-ring (bicyclic) bond motifs is 1. The second kappa shape index (κ2) is 2.86. The fourth-order valence-electron chi connectivity index (χ4n) is 1.49. The lowest BCUT2D eigenvalue weighted by molar-refractivity contribution is -0.0796. The lowest BCUT2D eigenvalue weighted by Gasteiger charge is -2.34. The second-order valence-electron chi connectivity index (χ2n) is 2.75. The Labute approximate surface area is 60.7 Å². The summed E-state index contributed by atoms with van der Waals surface area (Å²) in [7, 11) is 0. The van der Waals surface area contributed by atoms with E-state index in [-0.39, 0.29) is 0 Å². The summed E-state index contributed by atoms with van der Waals surface area (Å²) < 4.78 is 10.8. The van der Waals surface area contributed by atoms with Gasteiger partial charge < -0.3 is 9.47 Å². The molecule has 0 spiro atoms. The van der Waals surface area contributed by atoms with Crippen molar-refractivity contribution < 1.29 is 9.47 Å². The van der Waals surface area contributed by atoms with Gasteiger partial charge in [0.2, 0.25) is 0 Å². The van der Waals surface area contributed by atoms with E-state index in [1.807, 2.05) is 0 Å². The zero-order valence-corrected chi connectivity index (χ0v) is 5.95. The Bertz CT molecular complexity index is 92.2. The van der Waals surface area contributed by atoms with E-state index in [4.69, 9.17) is 9.47 Å². The van der Waals surface area contributed by atoms with Crippen LogP contribution >= 0.6 is 0 Å². The van der Waals surface area contributed by atoms with Crippen LogP contribution in [0.15, 0.2) is 0 Å². The van der Waals surface area contributed by atoms with Crippen molar-refractivity contribution in [2.75, 3.05) is 26.4 Å². The molecule has 0 aromatic carbocycles. The molecule has 2 aliphatic heterocycles. The third-order valence-corrected chi connectivity index (χ3v) is 2.05. The lowest BCUT2D eigenvalue weighted by atomic mass is 10.1. The van der Waals surface area contributed by atoms with Gasteiger partial charge in [-0.1, -0.05) is 0 Å². The normalized spacial score (nSPS) is 40.8. The highest BCUT2D eigenvalue weighted by atomic mass is 16.5. The minimum absolute atomic E-state index is 0.336. The summed E-state index contributed by atoms with van der Waals surface area (Å²) in [6.45, 7) is 3.27. The molecule has 0 N–H and O–H groups in total. The third kappa shape index (κ3) is 1.17. The highest BCUT2D eigenvalue weighted by Gasteiger charge is 2.29. The van der Waals surface area contributed by atoms with Crippen molar-refractivity contribution >= 4 is 0 Å². The Morgan fingerprint density at radius 1 is 1.30 bits per heavy atom. The molecule has 2 atom stereocenters. The SMILES string of the molecule is C1COC2CCOCC2[N]1. The minimum Gasteiger partial charge on any atom is -0.380 e. The van der Waals surface area contributed by atoms with Crippen LogP contribution in [-0.4, -0.2) is 38.5 Å². The molecule has 1 radical (unpaired) electrons. The molecule has 57 valence electrons. The quantitative estimate of drug-likeness (QED) is 0.468. The van der Waals surface area contributed by atoms with Gasteiger partial charge in [-0.3, -0.25) is 0 Å². The third-order valence-electron chi connectivity index (χ3n) is 2.05. The number of hydrogen-bond donors (Lipinski definition) is 0. The molecule has 2 saturated heterocycles. The molecule has 3 nitrogen and oxygen atoms in total. The summed E-state index contributed by atoms with van der Waals surface area (Å²) >= 11 is 0. The van der Waals surface area contributed by atoms with Gasteiger partial charge in [-0.2, -0.15) is 0 Å². The van der Waals surface area contributed by atoms with Crippen LogP contribution in [0.25, 0.3) is 0 Å². The van der Waals surface area contributed by atoms with Crippen molar-refractivity contribution in [2.24, 2.45) is 0 Å². The van der Waals surface area contributed by atoms with Crippen molar-refractivity contribution in [3.63, 3.8) is 0 Å². The molecule has 0 saturated carbocycles. The van der Waals surface area contributed by atoms with Gasteiger partial charge in [-0.15, -0.1) is 0 Å². The predicted octanol–water partition coefficient (Wildman–Crippen LogP) is -0.222. The molecule has 0 amide bonds. The first-order valence-electron chi connectivity index (χ1n) is 3.83. The van der Waals surface area contributed by atoms with Crippen molar-refractivity contribution in [2.45, 2.75) is 18.6 Å². The first kappa shape index (κ1) is 6.58. The van der Waals surface area contributed by atoms with E-state index in [1.54, 1.807) is 0 Å². The maximum absolute atomic E-state index is 5.51. The lowest BCUT2D eigenvalue weighted by Crippen LogP contribution is -2.49. The summed E-state index contributed by atoms with van der Waals surface area (Å²) in [6, 6.07) is 0.336. The number of rotatable bonds is 0. The molecule has 3 heteroatoms. The summed E-state index contributed by atoms with van der Waals surface area (Å²) in [5.41, 5.74) is 0. The van der Waals surface area contributed by atoms with Gasteiger partial charge in [0.05, 0.1) is 25.4 Å². The Balaban J connectivity index is 1.93. The Hall–Kier alpha value is -0.120. The first-order chi connectivity index (χ1) is 4.97. The molecule has 2 unspecified atom stereocenters. The Kier molecular flexibility index (Phi) is 1.88. The summed E-state index contributed by atoms with van der Waals surface area (Å²) in [5.74, 6) is 0. The van der Waals surface area contributed by atoms with Gasteiger partial charge in [-0.25, -0.2) is 5.32 Å². The Morgan fingerprint density at radius 2 is 2.30 bits per heavy atom. The fraction of sp³-hybridized carbons (Fsp3) is 1.00. The average molecular weight is 142 g/mol. The molecule has 2 rings (SSSR count). The van der Waals surface area contributed by atoms with Crippen molar-refractivity contribution in [1.29, 1.82) is 0 Å². The van der Waals surface area contributed by atoms with Crippen molar-refractivity contribution in [3.05, 3.63) is 0 Å². The number of ether oxygens (including phenoxy) is 2. The van der Waals surface area contributed by atoms with Crippen LogP contribution in [-0.2, 0) is 9.47 Å². The van der Waals surface area contributed by atoms with Gasteiger partial charge in [0, 0.05) is 13.2 Å². The molecule has 2 heterocycles. The first-order valence-corrected chi connectivity index (χ1v) is 3.83. The predicted molar refractivity (Wildman–Crippen MR) is 36.0 cm³/mol. The van der Waals surface area contributed by atoms with Crippen LogP contribution in [0.2, 0.25) is 0 Å². The number of hydrogen-bond acceptors (Lipinski definition) is 2. The largest absolute Gasteiger partial charge is 0.380 e. The summed E-state index contributed by atoms with van der Waals surface area (Å²) in [5, 5.41) is 4.40.